The van der Waals surface area contributed by atoms with Crippen molar-refractivity contribution in [3.05, 3.63) is 23.9 Å². The van der Waals surface area contributed by atoms with Gasteiger partial charge in [-0.15, -0.1) is 11.8 Å². The van der Waals surface area contributed by atoms with Crippen molar-refractivity contribution in [2.45, 2.75) is 56.4 Å². The first-order chi connectivity index (χ1) is 8.72. The molecule has 1 fully saturated rings. The van der Waals surface area contributed by atoms with E-state index in [9.17, 15) is 0 Å². The summed E-state index contributed by atoms with van der Waals surface area (Å²) >= 11 is 1.89. The molecule has 1 aliphatic heterocycles. The second kappa shape index (κ2) is 6.58. The van der Waals surface area contributed by atoms with Gasteiger partial charge in [-0.2, -0.15) is 0 Å². The van der Waals surface area contributed by atoms with Gasteiger partial charge in [-0.25, -0.2) is 4.98 Å². The summed E-state index contributed by atoms with van der Waals surface area (Å²) in [5, 5.41) is 1.83. The lowest BCUT2D eigenvalue weighted by Gasteiger charge is -2.35. The van der Waals surface area contributed by atoms with E-state index in [0.717, 1.165) is 6.54 Å². The molecule has 0 N–H and O–H groups in total. The highest BCUT2D eigenvalue weighted by Gasteiger charge is 2.25. The molecule has 100 valence electrons. The summed E-state index contributed by atoms with van der Waals surface area (Å²) < 4.78 is 0. The maximum Gasteiger partial charge on any atom is 0.101 e. The molecular formula is C15H24N2S. The third kappa shape index (κ3) is 3.27. The van der Waals surface area contributed by atoms with E-state index in [0.29, 0.717) is 11.3 Å². The Morgan fingerprint density at radius 1 is 1.44 bits per heavy atom. The quantitative estimate of drug-likeness (QED) is 0.761. The van der Waals surface area contributed by atoms with Crippen LogP contribution in [0.1, 0.15) is 51.6 Å². The first kappa shape index (κ1) is 13.9. The number of hydrogen-bond donors (Lipinski definition) is 0. The van der Waals surface area contributed by atoms with Crippen LogP contribution in [0.15, 0.2) is 23.4 Å². The molecule has 2 heterocycles. The maximum atomic E-state index is 4.60. The van der Waals surface area contributed by atoms with Crippen molar-refractivity contribution in [2.75, 3.05) is 13.1 Å². The van der Waals surface area contributed by atoms with Gasteiger partial charge in [0.25, 0.3) is 0 Å². The predicted molar refractivity (Wildman–Crippen MR) is 79.1 cm³/mol. The summed E-state index contributed by atoms with van der Waals surface area (Å²) in [5.41, 5.74) is 1.44. The molecule has 1 saturated heterocycles. The minimum absolute atomic E-state index is 0.582. The Balaban J connectivity index is 2.24. The predicted octanol–water partition coefficient (Wildman–Crippen LogP) is 4.13. The van der Waals surface area contributed by atoms with E-state index in [4.69, 9.17) is 0 Å². The van der Waals surface area contributed by atoms with Crippen LogP contribution >= 0.6 is 11.8 Å². The molecule has 0 unspecified atom stereocenters. The monoisotopic (exact) mass is 264 g/mol. The summed E-state index contributed by atoms with van der Waals surface area (Å²) in [6.45, 7) is 9.13. The molecular weight excluding hydrogens is 240 g/mol. The Labute approximate surface area is 115 Å². The number of likely N-dealkylation sites (tertiary alicyclic amines) is 1. The molecule has 0 radical (unpaired) electrons. The fourth-order valence-corrected chi connectivity index (χ4v) is 3.61. The zero-order valence-corrected chi connectivity index (χ0v) is 12.5. The molecule has 0 spiro atoms. The minimum atomic E-state index is 0.582. The highest BCUT2D eigenvalue weighted by Crippen LogP contribution is 2.36. The zero-order chi connectivity index (χ0) is 13.0. The summed E-state index contributed by atoms with van der Waals surface area (Å²) in [5.74, 6) is 0. The fourth-order valence-electron chi connectivity index (χ4n) is 2.70. The number of aromatic nitrogens is 1. The second-order valence-corrected chi connectivity index (χ2v) is 6.77. The van der Waals surface area contributed by atoms with Gasteiger partial charge in [0, 0.05) is 23.1 Å². The molecule has 1 aliphatic rings. The largest absolute Gasteiger partial charge is 0.297 e. The van der Waals surface area contributed by atoms with Crippen LogP contribution in [0, 0.1) is 0 Å². The van der Waals surface area contributed by atoms with E-state index in [2.05, 4.69) is 42.8 Å². The average Bonchev–Trinajstić information content (AvgIpc) is 2.39. The van der Waals surface area contributed by atoms with Crippen LogP contribution in [0.3, 0.4) is 0 Å². The van der Waals surface area contributed by atoms with Crippen molar-refractivity contribution in [1.82, 2.24) is 9.88 Å². The lowest BCUT2D eigenvalue weighted by molar-refractivity contribution is 0.154. The van der Waals surface area contributed by atoms with Crippen LogP contribution < -0.4 is 0 Å². The zero-order valence-electron chi connectivity index (χ0n) is 11.7. The van der Waals surface area contributed by atoms with Gasteiger partial charge >= 0.3 is 0 Å². The van der Waals surface area contributed by atoms with Crippen molar-refractivity contribution in [3.63, 3.8) is 0 Å². The molecule has 0 aliphatic carbocycles. The van der Waals surface area contributed by atoms with Gasteiger partial charge in [0.05, 0.1) is 0 Å². The van der Waals surface area contributed by atoms with Crippen LogP contribution in [0.4, 0.5) is 0 Å². The summed E-state index contributed by atoms with van der Waals surface area (Å²) in [7, 11) is 0. The van der Waals surface area contributed by atoms with Crippen molar-refractivity contribution >= 4 is 11.8 Å². The first-order valence-corrected chi connectivity index (χ1v) is 7.96. The van der Waals surface area contributed by atoms with Gasteiger partial charge in [0.1, 0.15) is 5.03 Å². The van der Waals surface area contributed by atoms with Gasteiger partial charge in [0.2, 0.25) is 0 Å². The average molecular weight is 264 g/mol. The van der Waals surface area contributed by atoms with E-state index >= 15 is 0 Å². The standard InChI is InChI=1S/C15H24N2S/c1-4-17-11-6-5-9-14(17)13-8-7-10-16-15(13)18-12(2)3/h7-8,10,12,14H,4-6,9,11H2,1-3H3/t14-/m0/s1. The topological polar surface area (TPSA) is 16.1 Å². The van der Waals surface area contributed by atoms with E-state index in [1.807, 2.05) is 18.0 Å². The molecule has 1 atom stereocenters. The lowest BCUT2D eigenvalue weighted by atomic mass is 9.96. The number of thioether (sulfide) groups is 1. The Hall–Kier alpha value is -0.540. The second-order valence-electron chi connectivity index (χ2n) is 5.20. The molecule has 0 bridgehead atoms. The van der Waals surface area contributed by atoms with E-state index in [-0.39, 0.29) is 0 Å². The van der Waals surface area contributed by atoms with E-state index in [1.165, 1.54) is 36.4 Å². The maximum absolute atomic E-state index is 4.60. The molecule has 0 saturated carbocycles. The molecule has 1 aromatic heterocycles. The Morgan fingerprint density at radius 2 is 2.28 bits per heavy atom. The molecule has 2 rings (SSSR count). The summed E-state index contributed by atoms with van der Waals surface area (Å²) in [6.07, 6.45) is 5.90. The fraction of sp³-hybridized carbons (Fsp3) is 0.667. The Bertz CT molecular complexity index is 379. The van der Waals surface area contributed by atoms with Gasteiger partial charge in [0.15, 0.2) is 0 Å². The van der Waals surface area contributed by atoms with Crippen LogP contribution in [-0.2, 0) is 0 Å². The van der Waals surface area contributed by atoms with Gasteiger partial charge < -0.3 is 0 Å². The van der Waals surface area contributed by atoms with Crippen LogP contribution in [0.25, 0.3) is 0 Å². The highest BCUT2D eigenvalue weighted by atomic mass is 32.2. The van der Waals surface area contributed by atoms with Crippen LogP contribution in [-0.4, -0.2) is 28.2 Å². The van der Waals surface area contributed by atoms with Crippen molar-refractivity contribution in [2.24, 2.45) is 0 Å². The van der Waals surface area contributed by atoms with Gasteiger partial charge in [-0.3, -0.25) is 4.90 Å². The lowest BCUT2D eigenvalue weighted by Crippen LogP contribution is -2.33. The Kier molecular flexibility index (Phi) is 5.07. The molecule has 0 amide bonds. The van der Waals surface area contributed by atoms with Crippen molar-refractivity contribution in [1.29, 1.82) is 0 Å². The third-order valence-corrected chi connectivity index (χ3v) is 4.56. The molecule has 18 heavy (non-hydrogen) atoms. The van der Waals surface area contributed by atoms with Crippen LogP contribution in [0.5, 0.6) is 0 Å². The number of nitrogens with zero attached hydrogens (tertiary/aromatic N) is 2. The number of hydrogen-bond acceptors (Lipinski definition) is 3. The number of piperidine rings is 1. The van der Waals surface area contributed by atoms with Crippen LogP contribution in [0.2, 0.25) is 0 Å². The first-order valence-electron chi connectivity index (χ1n) is 7.08. The molecule has 1 aromatic rings. The van der Waals surface area contributed by atoms with Crippen molar-refractivity contribution < 1.29 is 0 Å². The summed E-state index contributed by atoms with van der Waals surface area (Å²) in [6, 6.07) is 4.94. The Morgan fingerprint density at radius 3 is 3.00 bits per heavy atom. The van der Waals surface area contributed by atoms with Crippen molar-refractivity contribution in [3.8, 4) is 0 Å². The minimum Gasteiger partial charge on any atom is -0.297 e. The number of pyridine rings is 1. The smallest absolute Gasteiger partial charge is 0.101 e. The SMILES string of the molecule is CCN1CCCC[C@H]1c1cccnc1SC(C)C. The third-order valence-electron chi connectivity index (χ3n) is 3.53. The summed E-state index contributed by atoms with van der Waals surface area (Å²) in [4.78, 5) is 7.20. The molecule has 3 heteroatoms. The molecule has 2 nitrogen and oxygen atoms in total. The van der Waals surface area contributed by atoms with E-state index in [1.54, 1.807) is 0 Å². The van der Waals surface area contributed by atoms with Gasteiger partial charge in [-0.05, 0) is 32.0 Å². The normalized spacial score (nSPS) is 21.4. The highest BCUT2D eigenvalue weighted by molar-refractivity contribution is 7.99. The number of rotatable bonds is 4. The molecule has 0 aromatic carbocycles. The van der Waals surface area contributed by atoms with E-state index < -0.39 is 0 Å². The van der Waals surface area contributed by atoms with Gasteiger partial charge in [-0.1, -0.05) is 33.3 Å².